The summed E-state index contributed by atoms with van der Waals surface area (Å²) >= 11 is 0. The Hall–Kier alpha value is -2.34. The van der Waals surface area contributed by atoms with Gasteiger partial charge in [-0.25, -0.2) is 0 Å². The lowest BCUT2D eigenvalue weighted by Gasteiger charge is -2.23. The number of piperidine rings is 1. The van der Waals surface area contributed by atoms with Crippen molar-refractivity contribution in [1.82, 2.24) is 20.4 Å². The number of para-hydroxylation sites is 1. The molecule has 1 fully saturated rings. The van der Waals surface area contributed by atoms with Gasteiger partial charge in [-0.2, -0.15) is 5.10 Å². The summed E-state index contributed by atoms with van der Waals surface area (Å²) in [4.78, 5) is 14.8. The molecule has 0 radical (unpaired) electrons. The zero-order valence-electron chi connectivity index (χ0n) is 15.9. The summed E-state index contributed by atoms with van der Waals surface area (Å²) in [5.74, 6) is 0.509. The molecule has 2 N–H and O–H groups in total. The molecule has 3 heterocycles. The quantitative estimate of drug-likeness (QED) is 0.734. The topological polar surface area (TPSA) is 62.2 Å². The van der Waals surface area contributed by atoms with Crippen LogP contribution in [-0.4, -0.2) is 48.4 Å². The first kappa shape index (κ1) is 18.0. The van der Waals surface area contributed by atoms with E-state index >= 15 is 0 Å². The molecule has 144 valence electrons. The average Bonchev–Trinajstić information content (AvgIpc) is 3.33. The normalized spacial score (nSPS) is 19.1. The number of benzene rings is 1. The zero-order valence-corrected chi connectivity index (χ0v) is 15.9. The third-order valence-electron chi connectivity index (χ3n) is 5.67. The highest BCUT2D eigenvalue weighted by Crippen LogP contribution is 2.27. The molecule has 1 aromatic carbocycles. The maximum atomic E-state index is 12.3. The van der Waals surface area contributed by atoms with E-state index in [1.807, 2.05) is 10.9 Å². The first-order valence-corrected chi connectivity index (χ1v) is 10.1. The van der Waals surface area contributed by atoms with Gasteiger partial charge in [0.05, 0.1) is 0 Å². The maximum Gasteiger partial charge on any atom is 0.241 e. The molecule has 1 atom stereocenters. The fourth-order valence-corrected chi connectivity index (χ4v) is 4.25. The number of nitrogens with one attached hydrogen (secondary N) is 2. The van der Waals surface area contributed by atoms with E-state index in [0.717, 1.165) is 45.4 Å². The largest absolute Gasteiger partial charge is 0.371 e. The van der Waals surface area contributed by atoms with Crippen LogP contribution in [0, 0.1) is 0 Å². The van der Waals surface area contributed by atoms with E-state index in [1.165, 1.54) is 23.4 Å². The predicted molar refractivity (Wildman–Crippen MR) is 107 cm³/mol. The Balaban J connectivity index is 1.21. The monoisotopic (exact) mass is 367 g/mol. The number of hydrogen-bond donors (Lipinski definition) is 2. The van der Waals surface area contributed by atoms with Gasteiger partial charge < -0.3 is 15.5 Å². The molecule has 0 spiro atoms. The highest BCUT2D eigenvalue weighted by molar-refractivity contribution is 5.75. The Morgan fingerprint density at radius 1 is 1.30 bits per heavy atom. The Bertz CT molecular complexity index is 765. The minimum absolute atomic E-state index is 0.0468. The molecule has 0 unspecified atom stereocenters. The van der Waals surface area contributed by atoms with Crippen LogP contribution in [0.1, 0.15) is 36.4 Å². The van der Waals surface area contributed by atoms with Gasteiger partial charge in [0.25, 0.3) is 0 Å². The highest BCUT2D eigenvalue weighted by atomic mass is 16.2. The second-order valence-electron chi connectivity index (χ2n) is 7.53. The van der Waals surface area contributed by atoms with E-state index < -0.39 is 0 Å². The zero-order chi connectivity index (χ0) is 18.5. The Morgan fingerprint density at radius 3 is 3.11 bits per heavy atom. The molecule has 2 aromatic rings. The fourth-order valence-electron chi connectivity index (χ4n) is 4.25. The van der Waals surface area contributed by atoms with Crippen LogP contribution >= 0.6 is 0 Å². The van der Waals surface area contributed by atoms with E-state index in [9.17, 15) is 4.79 Å². The molecule has 1 saturated heterocycles. The van der Waals surface area contributed by atoms with Crippen LogP contribution in [0.3, 0.4) is 0 Å². The minimum atomic E-state index is 0.0468. The molecule has 2 aliphatic rings. The van der Waals surface area contributed by atoms with E-state index in [2.05, 4.69) is 51.0 Å². The molecular weight excluding hydrogens is 338 g/mol. The minimum Gasteiger partial charge on any atom is -0.371 e. The van der Waals surface area contributed by atoms with E-state index in [1.54, 1.807) is 0 Å². The van der Waals surface area contributed by atoms with Crippen molar-refractivity contribution in [1.29, 1.82) is 0 Å². The lowest BCUT2D eigenvalue weighted by molar-refractivity contribution is -0.121. The van der Waals surface area contributed by atoms with Gasteiger partial charge in [0, 0.05) is 49.7 Å². The maximum absolute atomic E-state index is 12.3. The van der Waals surface area contributed by atoms with Crippen LogP contribution in [0.15, 0.2) is 36.5 Å². The number of carbonyl (C=O) groups excluding carboxylic acids is 1. The van der Waals surface area contributed by atoms with Crippen molar-refractivity contribution in [2.75, 3.05) is 37.6 Å². The number of rotatable bonds is 7. The van der Waals surface area contributed by atoms with Crippen LogP contribution in [0.4, 0.5) is 5.69 Å². The number of anilines is 1. The third kappa shape index (κ3) is 4.33. The van der Waals surface area contributed by atoms with E-state index in [4.69, 9.17) is 0 Å². The summed E-state index contributed by atoms with van der Waals surface area (Å²) in [6.07, 6.45) is 6.24. The van der Waals surface area contributed by atoms with Crippen LogP contribution < -0.4 is 15.5 Å². The van der Waals surface area contributed by atoms with Crippen molar-refractivity contribution in [3.8, 4) is 0 Å². The second-order valence-corrected chi connectivity index (χ2v) is 7.53. The number of fused-ring (bicyclic) bond motifs is 1. The van der Waals surface area contributed by atoms with Gasteiger partial charge >= 0.3 is 0 Å². The Labute approximate surface area is 160 Å². The Morgan fingerprint density at radius 2 is 2.22 bits per heavy atom. The molecule has 0 saturated carbocycles. The molecule has 2 aliphatic heterocycles. The molecule has 0 aliphatic carbocycles. The van der Waals surface area contributed by atoms with Crippen LogP contribution in [0.2, 0.25) is 0 Å². The molecule has 27 heavy (non-hydrogen) atoms. The van der Waals surface area contributed by atoms with Crippen molar-refractivity contribution in [2.24, 2.45) is 0 Å². The van der Waals surface area contributed by atoms with Gasteiger partial charge in [0.15, 0.2) is 0 Å². The van der Waals surface area contributed by atoms with Crippen LogP contribution in [0.5, 0.6) is 0 Å². The summed E-state index contributed by atoms with van der Waals surface area (Å²) in [5, 5.41) is 10.9. The number of hydrogen-bond acceptors (Lipinski definition) is 4. The number of nitrogens with zero attached hydrogens (tertiary/aromatic N) is 3. The second kappa shape index (κ2) is 8.57. The van der Waals surface area contributed by atoms with Crippen LogP contribution in [-0.2, 0) is 17.8 Å². The van der Waals surface area contributed by atoms with Gasteiger partial charge in [0.2, 0.25) is 5.91 Å². The predicted octanol–water partition coefficient (Wildman–Crippen LogP) is 1.92. The molecule has 1 amide bonds. The first-order chi connectivity index (χ1) is 13.3. The van der Waals surface area contributed by atoms with Gasteiger partial charge in [0.1, 0.15) is 6.54 Å². The van der Waals surface area contributed by atoms with Crippen molar-refractivity contribution in [3.63, 3.8) is 0 Å². The molecule has 6 heteroatoms. The van der Waals surface area contributed by atoms with Gasteiger partial charge in [-0.3, -0.25) is 9.48 Å². The van der Waals surface area contributed by atoms with Crippen molar-refractivity contribution >= 4 is 11.6 Å². The van der Waals surface area contributed by atoms with E-state index in [-0.39, 0.29) is 5.91 Å². The van der Waals surface area contributed by atoms with Gasteiger partial charge in [-0.1, -0.05) is 18.2 Å². The summed E-state index contributed by atoms with van der Waals surface area (Å²) in [5.41, 5.74) is 3.96. The van der Waals surface area contributed by atoms with E-state index in [0.29, 0.717) is 19.0 Å². The number of aromatic nitrogens is 2. The first-order valence-electron chi connectivity index (χ1n) is 10.1. The summed E-state index contributed by atoms with van der Waals surface area (Å²) in [6, 6.07) is 10.7. The van der Waals surface area contributed by atoms with Crippen molar-refractivity contribution < 1.29 is 4.79 Å². The van der Waals surface area contributed by atoms with Crippen molar-refractivity contribution in [3.05, 3.63) is 47.8 Å². The third-order valence-corrected chi connectivity index (χ3v) is 5.67. The lowest BCUT2D eigenvalue weighted by Crippen LogP contribution is -2.33. The lowest BCUT2D eigenvalue weighted by atomic mass is 9.96. The average molecular weight is 367 g/mol. The number of carbonyl (C=O) groups is 1. The SMILES string of the molecule is O=C(Cn1nccc1[C@H]1CCCNC1)NCCCN1CCc2ccccc21. The number of amides is 1. The highest BCUT2D eigenvalue weighted by Gasteiger charge is 2.20. The van der Waals surface area contributed by atoms with Crippen molar-refractivity contribution in [2.45, 2.75) is 38.1 Å². The smallest absolute Gasteiger partial charge is 0.241 e. The van der Waals surface area contributed by atoms with Gasteiger partial charge in [-0.15, -0.1) is 0 Å². The molecule has 0 bridgehead atoms. The molecule has 4 rings (SSSR count). The molecule has 1 aromatic heterocycles. The van der Waals surface area contributed by atoms with Crippen LogP contribution in [0.25, 0.3) is 0 Å². The molecular formula is C21H29N5O. The molecule has 6 nitrogen and oxygen atoms in total. The Kier molecular flexibility index (Phi) is 5.72. The van der Waals surface area contributed by atoms with Gasteiger partial charge in [-0.05, 0) is 49.9 Å². The standard InChI is InChI=1S/C21H29N5O/c27-21(16-26-20(8-12-24-26)18-6-3-10-22-15-18)23-11-4-13-25-14-9-17-5-1-2-7-19(17)25/h1-2,5,7-8,12,18,22H,3-4,6,9-11,13-16H2,(H,23,27)/t18-/m0/s1. The summed E-state index contributed by atoms with van der Waals surface area (Å²) in [6.45, 7) is 5.15. The summed E-state index contributed by atoms with van der Waals surface area (Å²) in [7, 11) is 0. The fraction of sp³-hybridized carbons (Fsp3) is 0.524. The summed E-state index contributed by atoms with van der Waals surface area (Å²) < 4.78 is 1.86.